The van der Waals surface area contributed by atoms with E-state index in [9.17, 15) is 14.4 Å². The maximum atomic E-state index is 13.8. The molecule has 2 aliphatic rings. The Morgan fingerprint density at radius 1 is 1.11 bits per heavy atom. The number of hydrogen-bond acceptors (Lipinski definition) is 7. The third-order valence-corrected chi connectivity index (χ3v) is 7.70. The second-order valence-electron chi connectivity index (χ2n) is 9.12. The summed E-state index contributed by atoms with van der Waals surface area (Å²) in [4.78, 5) is 41.0. The Balaban J connectivity index is 1.49. The van der Waals surface area contributed by atoms with Gasteiger partial charge in [-0.3, -0.25) is 14.4 Å². The molecular formula is C28H26BrN3O6. The number of Topliss-reactive ketones (excluding diaryl/α,β-unsaturated/α-hetero) is 1. The first-order chi connectivity index (χ1) is 18.2. The average Bonchev–Trinajstić information content (AvgIpc) is 3.33. The van der Waals surface area contributed by atoms with Crippen LogP contribution in [0.3, 0.4) is 0 Å². The molecular weight excluding hydrogens is 554 g/mol. The minimum atomic E-state index is -0.541. The molecule has 1 amide bonds. The molecule has 2 aliphatic heterocycles. The van der Waals surface area contributed by atoms with Crippen molar-refractivity contribution in [3.63, 3.8) is 0 Å². The molecule has 0 saturated carbocycles. The fourth-order valence-corrected chi connectivity index (χ4v) is 5.30. The highest BCUT2D eigenvalue weighted by Crippen LogP contribution is 2.51. The Kier molecular flexibility index (Phi) is 6.75. The number of fused-ring (bicyclic) bond motifs is 2. The maximum Gasteiger partial charge on any atom is 0.263 e. The number of rotatable bonds is 5. The van der Waals surface area contributed by atoms with Crippen molar-refractivity contribution in [3.05, 3.63) is 84.9 Å². The predicted molar refractivity (Wildman–Crippen MR) is 146 cm³/mol. The van der Waals surface area contributed by atoms with Crippen LogP contribution in [0.5, 0.6) is 17.2 Å². The van der Waals surface area contributed by atoms with Crippen LogP contribution in [0, 0.1) is 6.92 Å². The van der Waals surface area contributed by atoms with Crippen LogP contribution in [0.4, 0.5) is 5.69 Å². The number of anilines is 1. The lowest BCUT2D eigenvalue weighted by Gasteiger charge is -2.20. The molecule has 5 rings (SSSR count). The predicted octanol–water partition coefficient (Wildman–Crippen LogP) is 4.16. The molecule has 2 aromatic carbocycles. The van der Waals surface area contributed by atoms with Crippen molar-refractivity contribution in [1.29, 1.82) is 0 Å². The van der Waals surface area contributed by atoms with E-state index in [1.165, 1.54) is 10.6 Å². The van der Waals surface area contributed by atoms with E-state index < -0.39 is 5.91 Å². The average molecular weight is 580 g/mol. The Bertz CT molecular complexity index is 1580. The SMILES string of the molecule is COc1c2c(c(Br)c3c1OCO3)CCN(C)C(C(=O)c1cccc(NC(=O)c3ccc(C)n(C)c3=O)c1)=C2. The van der Waals surface area contributed by atoms with Crippen LogP contribution in [0.2, 0.25) is 0 Å². The van der Waals surface area contributed by atoms with Crippen LogP contribution in [-0.2, 0) is 13.5 Å². The number of pyridine rings is 1. The Hall–Kier alpha value is -4.05. The molecule has 196 valence electrons. The smallest absolute Gasteiger partial charge is 0.263 e. The van der Waals surface area contributed by atoms with Crippen molar-refractivity contribution < 1.29 is 23.8 Å². The Morgan fingerprint density at radius 2 is 1.87 bits per heavy atom. The van der Waals surface area contributed by atoms with Crippen molar-refractivity contribution in [2.45, 2.75) is 13.3 Å². The fourth-order valence-electron chi connectivity index (χ4n) is 4.60. The number of carbonyl (C=O) groups is 2. The summed E-state index contributed by atoms with van der Waals surface area (Å²) in [5, 5.41) is 2.74. The molecule has 0 saturated heterocycles. The number of nitrogens with zero attached hydrogens (tertiary/aromatic N) is 2. The zero-order valence-electron chi connectivity index (χ0n) is 21.4. The number of nitrogens with one attached hydrogen (secondary N) is 1. The van der Waals surface area contributed by atoms with Gasteiger partial charge in [0.05, 0.1) is 17.3 Å². The molecule has 10 heteroatoms. The largest absolute Gasteiger partial charge is 0.492 e. The Labute approximate surface area is 227 Å². The van der Waals surface area contributed by atoms with Gasteiger partial charge in [-0.1, -0.05) is 12.1 Å². The van der Waals surface area contributed by atoms with Gasteiger partial charge in [-0.2, -0.15) is 0 Å². The molecule has 3 aromatic rings. The number of benzene rings is 2. The number of hydrogen-bond donors (Lipinski definition) is 1. The van der Waals surface area contributed by atoms with Gasteiger partial charge in [-0.25, -0.2) is 0 Å². The van der Waals surface area contributed by atoms with Crippen molar-refractivity contribution >= 4 is 39.4 Å². The molecule has 0 bridgehead atoms. The molecule has 0 unspecified atom stereocenters. The van der Waals surface area contributed by atoms with Crippen molar-refractivity contribution in [2.75, 3.05) is 32.8 Å². The standard InChI is InChI=1S/C28H26BrN3O6/c1-15-8-9-19(28(35)32(15)3)27(34)30-17-7-5-6-16(12-17)23(33)21-13-20-18(10-11-31(21)2)22(29)25-26(24(20)36-4)38-14-37-25/h5-9,12-13H,10-11,14H2,1-4H3,(H,30,34). The van der Waals surface area contributed by atoms with Gasteiger partial charge in [0, 0.05) is 43.1 Å². The van der Waals surface area contributed by atoms with Crippen molar-refractivity contribution in [1.82, 2.24) is 9.47 Å². The summed E-state index contributed by atoms with van der Waals surface area (Å²) in [6.45, 7) is 2.47. The van der Waals surface area contributed by atoms with E-state index in [1.807, 2.05) is 11.9 Å². The number of ketones is 1. The molecule has 0 spiro atoms. The summed E-state index contributed by atoms with van der Waals surface area (Å²) >= 11 is 3.65. The van der Waals surface area contributed by atoms with Crippen LogP contribution < -0.4 is 25.1 Å². The second-order valence-corrected chi connectivity index (χ2v) is 9.91. The summed E-state index contributed by atoms with van der Waals surface area (Å²) in [5.41, 5.74) is 3.34. The molecule has 0 atom stereocenters. The highest BCUT2D eigenvalue weighted by atomic mass is 79.9. The van der Waals surface area contributed by atoms with E-state index in [-0.39, 0.29) is 23.7 Å². The third kappa shape index (κ3) is 4.34. The number of ether oxygens (including phenoxy) is 3. The molecule has 0 aliphatic carbocycles. The van der Waals surface area contributed by atoms with Gasteiger partial charge in [0.2, 0.25) is 18.3 Å². The summed E-state index contributed by atoms with van der Waals surface area (Å²) < 4.78 is 19.2. The van der Waals surface area contributed by atoms with Gasteiger partial charge in [0.1, 0.15) is 5.56 Å². The molecule has 3 heterocycles. The highest BCUT2D eigenvalue weighted by molar-refractivity contribution is 9.10. The summed E-state index contributed by atoms with van der Waals surface area (Å²) in [7, 11) is 5.03. The zero-order chi connectivity index (χ0) is 27.1. The van der Waals surface area contributed by atoms with Crippen LogP contribution in [0.1, 0.15) is 37.5 Å². The first kappa shape index (κ1) is 25.6. The van der Waals surface area contributed by atoms with Crippen LogP contribution in [0.15, 0.2) is 51.4 Å². The van der Waals surface area contributed by atoms with Gasteiger partial charge >= 0.3 is 0 Å². The number of aromatic nitrogens is 1. The number of halogens is 1. The van der Waals surface area contributed by atoms with Crippen LogP contribution in [0.25, 0.3) is 6.08 Å². The molecule has 9 nitrogen and oxygen atoms in total. The lowest BCUT2D eigenvalue weighted by Crippen LogP contribution is -2.28. The summed E-state index contributed by atoms with van der Waals surface area (Å²) in [5.74, 6) is 0.840. The number of likely N-dealkylation sites (N-methyl/N-ethyl adjacent to an activating group) is 1. The quantitative estimate of drug-likeness (QED) is 0.453. The van der Waals surface area contributed by atoms with E-state index in [0.717, 1.165) is 21.3 Å². The summed E-state index contributed by atoms with van der Waals surface area (Å²) in [6, 6.07) is 9.87. The minimum Gasteiger partial charge on any atom is -0.492 e. The number of carbonyl (C=O) groups excluding carboxylic acids is 2. The maximum absolute atomic E-state index is 13.8. The third-order valence-electron chi connectivity index (χ3n) is 6.86. The van der Waals surface area contributed by atoms with Crippen molar-refractivity contribution in [2.24, 2.45) is 7.05 Å². The van der Waals surface area contributed by atoms with Gasteiger partial charge in [-0.15, -0.1) is 0 Å². The molecule has 0 fully saturated rings. The van der Waals surface area contributed by atoms with E-state index in [1.54, 1.807) is 57.5 Å². The van der Waals surface area contributed by atoms with E-state index in [0.29, 0.717) is 47.2 Å². The monoisotopic (exact) mass is 579 g/mol. The number of amides is 1. The normalized spacial score (nSPS) is 13.9. The van der Waals surface area contributed by atoms with E-state index >= 15 is 0 Å². The molecule has 0 radical (unpaired) electrons. The number of allylic oxidation sites excluding steroid dienone is 1. The zero-order valence-corrected chi connectivity index (χ0v) is 23.0. The molecule has 1 N–H and O–H groups in total. The van der Waals surface area contributed by atoms with Gasteiger partial charge in [-0.05, 0) is 65.2 Å². The topological polar surface area (TPSA) is 99.1 Å². The summed E-state index contributed by atoms with van der Waals surface area (Å²) in [6.07, 6.45) is 2.45. The minimum absolute atomic E-state index is 0.0223. The highest BCUT2D eigenvalue weighted by Gasteiger charge is 2.31. The Morgan fingerprint density at radius 3 is 2.63 bits per heavy atom. The van der Waals surface area contributed by atoms with Gasteiger partial charge in [0.15, 0.2) is 11.5 Å². The first-order valence-electron chi connectivity index (χ1n) is 11.9. The van der Waals surface area contributed by atoms with E-state index in [2.05, 4.69) is 21.2 Å². The first-order valence-corrected chi connectivity index (χ1v) is 12.7. The lowest BCUT2D eigenvalue weighted by atomic mass is 10.0. The van der Waals surface area contributed by atoms with Gasteiger partial charge in [0.25, 0.3) is 11.5 Å². The number of methoxy groups -OCH3 is 1. The lowest BCUT2D eigenvalue weighted by molar-refractivity contribution is 0.0996. The number of aryl methyl sites for hydroxylation is 1. The van der Waals surface area contributed by atoms with Gasteiger partial charge < -0.3 is 29.0 Å². The van der Waals surface area contributed by atoms with Crippen LogP contribution in [-0.4, -0.2) is 48.7 Å². The fraction of sp³-hybridized carbons (Fsp3) is 0.250. The van der Waals surface area contributed by atoms with Crippen LogP contribution >= 0.6 is 15.9 Å². The molecule has 1 aromatic heterocycles. The van der Waals surface area contributed by atoms with E-state index in [4.69, 9.17) is 14.2 Å². The second kappa shape index (κ2) is 10.0. The molecule has 38 heavy (non-hydrogen) atoms. The van der Waals surface area contributed by atoms with Crippen molar-refractivity contribution in [3.8, 4) is 17.2 Å².